The van der Waals surface area contributed by atoms with Crippen LogP contribution in [0.2, 0.25) is 0 Å². The molecular formula is C32H56O2. The van der Waals surface area contributed by atoms with Gasteiger partial charge in [0.2, 0.25) is 0 Å². The summed E-state index contributed by atoms with van der Waals surface area (Å²) in [5.41, 5.74) is 1.99. The molecule has 0 aromatic heterocycles. The summed E-state index contributed by atoms with van der Waals surface area (Å²) in [6, 6.07) is 6.15. The van der Waals surface area contributed by atoms with Gasteiger partial charge in [0, 0.05) is 0 Å². The number of rotatable bonds is 25. The minimum Gasteiger partial charge on any atom is -0.493 e. The molecule has 0 spiro atoms. The molecule has 0 fully saturated rings. The fourth-order valence-corrected chi connectivity index (χ4v) is 4.72. The molecular weight excluding hydrogens is 416 g/mol. The maximum atomic E-state index is 11.4. The van der Waals surface area contributed by atoms with Gasteiger partial charge < -0.3 is 4.74 Å². The fourth-order valence-electron chi connectivity index (χ4n) is 4.72. The van der Waals surface area contributed by atoms with Crippen molar-refractivity contribution in [2.75, 3.05) is 6.61 Å². The maximum absolute atomic E-state index is 11.4. The van der Waals surface area contributed by atoms with E-state index >= 15 is 0 Å². The van der Waals surface area contributed by atoms with Crippen LogP contribution in [-0.4, -0.2) is 12.9 Å². The van der Waals surface area contributed by atoms with Crippen LogP contribution in [0.25, 0.3) is 0 Å². The molecule has 34 heavy (non-hydrogen) atoms. The molecule has 0 bridgehead atoms. The average Bonchev–Trinajstić information content (AvgIpc) is 2.86. The number of aryl methyl sites for hydroxylation is 1. The van der Waals surface area contributed by atoms with Crippen molar-refractivity contribution in [1.82, 2.24) is 0 Å². The molecule has 1 aromatic carbocycles. The first-order valence-corrected chi connectivity index (χ1v) is 15.0. The van der Waals surface area contributed by atoms with Gasteiger partial charge in [-0.1, -0.05) is 142 Å². The molecule has 0 amide bonds. The van der Waals surface area contributed by atoms with Crippen molar-refractivity contribution in [3.63, 3.8) is 0 Å². The minimum atomic E-state index is 0.689. The highest BCUT2D eigenvalue weighted by Crippen LogP contribution is 2.22. The number of unbranched alkanes of at least 4 members (excludes halogenated alkanes) is 19. The molecule has 1 rings (SSSR count). The van der Waals surface area contributed by atoms with E-state index in [4.69, 9.17) is 4.74 Å². The highest BCUT2D eigenvalue weighted by molar-refractivity contribution is 5.79. The van der Waals surface area contributed by atoms with Crippen molar-refractivity contribution in [1.29, 1.82) is 0 Å². The monoisotopic (exact) mass is 472 g/mol. The van der Waals surface area contributed by atoms with Gasteiger partial charge in [0.05, 0.1) is 12.2 Å². The third-order valence-corrected chi connectivity index (χ3v) is 7.03. The van der Waals surface area contributed by atoms with E-state index in [1.165, 1.54) is 134 Å². The Hall–Kier alpha value is -1.31. The SMILES string of the molecule is CCCCCCCCCCCCCCCc1ccc(C=O)c(OCCCCCCCCCC)c1. The molecule has 0 saturated heterocycles. The van der Waals surface area contributed by atoms with Crippen molar-refractivity contribution in [3.05, 3.63) is 29.3 Å². The number of benzene rings is 1. The topological polar surface area (TPSA) is 26.3 Å². The summed E-state index contributed by atoms with van der Waals surface area (Å²) in [6.45, 7) is 5.27. The lowest BCUT2D eigenvalue weighted by atomic mass is 10.0. The molecule has 2 nitrogen and oxygen atoms in total. The van der Waals surface area contributed by atoms with E-state index in [-0.39, 0.29) is 0 Å². The van der Waals surface area contributed by atoms with E-state index in [0.717, 1.165) is 31.5 Å². The summed E-state index contributed by atoms with van der Waals surface area (Å²) in [4.78, 5) is 11.4. The largest absolute Gasteiger partial charge is 0.493 e. The van der Waals surface area contributed by atoms with Gasteiger partial charge in [-0.3, -0.25) is 4.79 Å². The third kappa shape index (κ3) is 17.2. The fraction of sp³-hybridized carbons (Fsp3) is 0.781. The summed E-state index contributed by atoms with van der Waals surface area (Å²) >= 11 is 0. The first-order chi connectivity index (χ1) is 16.8. The van der Waals surface area contributed by atoms with E-state index in [2.05, 4.69) is 26.0 Å². The number of carbonyl (C=O) groups is 1. The van der Waals surface area contributed by atoms with Crippen LogP contribution in [0.5, 0.6) is 5.75 Å². The second-order valence-corrected chi connectivity index (χ2v) is 10.3. The average molecular weight is 473 g/mol. The van der Waals surface area contributed by atoms with Crippen molar-refractivity contribution in [3.8, 4) is 5.75 Å². The highest BCUT2D eigenvalue weighted by Gasteiger charge is 2.05. The van der Waals surface area contributed by atoms with Crippen LogP contribution >= 0.6 is 0 Å². The zero-order chi connectivity index (χ0) is 24.5. The van der Waals surface area contributed by atoms with Gasteiger partial charge in [0.15, 0.2) is 6.29 Å². The Morgan fingerprint density at radius 2 is 1.03 bits per heavy atom. The predicted molar refractivity (Wildman–Crippen MR) is 149 cm³/mol. The number of carbonyl (C=O) groups excluding carboxylic acids is 1. The first-order valence-electron chi connectivity index (χ1n) is 15.0. The number of aldehydes is 1. The van der Waals surface area contributed by atoms with E-state index < -0.39 is 0 Å². The zero-order valence-corrected chi connectivity index (χ0v) is 22.9. The van der Waals surface area contributed by atoms with Gasteiger partial charge in [0.25, 0.3) is 0 Å². The summed E-state index contributed by atoms with van der Waals surface area (Å²) in [6.07, 6.45) is 30.4. The Bertz CT molecular complexity index is 580. The van der Waals surface area contributed by atoms with Crippen molar-refractivity contribution >= 4 is 6.29 Å². The highest BCUT2D eigenvalue weighted by atomic mass is 16.5. The molecule has 0 aliphatic carbocycles. The lowest BCUT2D eigenvalue weighted by Crippen LogP contribution is -2.01. The van der Waals surface area contributed by atoms with E-state index in [0.29, 0.717) is 5.56 Å². The van der Waals surface area contributed by atoms with Crippen molar-refractivity contribution in [2.24, 2.45) is 0 Å². The van der Waals surface area contributed by atoms with E-state index in [1.807, 2.05) is 6.07 Å². The zero-order valence-electron chi connectivity index (χ0n) is 22.9. The Balaban J connectivity index is 2.08. The van der Waals surface area contributed by atoms with Gasteiger partial charge in [0.1, 0.15) is 5.75 Å². The number of hydrogen-bond acceptors (Lipinski definition) is 2. The smallest absolute Gasteiger partial charge is 0.153 e. The summed E-state index contributed by atoms with van der Waals surface area (Å²) < 4.78 is 6.00. The maximum Gasteiger partial charge on any atom is 0.153 e. The minimum absolute atomic E-state index is 0.689. The van der Waals surface area contributed by atoms with Gasteiger partial charge in [-0.15, -0.1) is 0 Å². The molecule has 0 heterocycles. The third-order valence-electron chi connectivity index (χ3n) is 7.03. The molecule has 1 aromatic rings. The van der Waals surface area contributed by atoms with Crippen LogP contribution in [-0.2, 0) is 6.42 Å². The lowest BCUT2D eigenvalue weighted by Gasteiger charge is -2.11. The van der Waals surface area contributed by atoms with Crippen LogP contribution < -0.4 is 4.74 Å². The van der Waals surface area contributed by atoms with Crippen LogP contribution in [0.3, 0.4) is 0 Å². The predicted octanol–water partition coefficient (Wildman–Crippen LogP) is 10.7. The molecule has 0 unspecified atom stereocenters. The summed E-state index contributed by atoms with van der Waals surface area (Å²) in [5, 5.41) is 0. The Labute approximate surface area is 212 Å². The Morgan fingerprint density at radius 3 is 1.50 bits per heavy atom. The number of ether oxygens (including phenoxy) is 1. The second-order valence-electron chi connectivity index (χ2n) is 10.3. The van der Waals surface area contributed by atoms with Gasteiger partial charge in [-0.25, -0.2) is 0 Å². The Kier molecular flexibility index (Phi) is 21.2. The Morgan fingerprint density at radius 1 is 0.588 bits per heavy atom. The molecule has 0 aliphatic heterocycles. The van der Waals surface area contributed by atoms with Crippen LogP contribution in [0.15, 0.2) is 18.2 Å². The summed E-state index contributed by atoms with van der Waals surface area (Å²) in [5.74, 6) is 0.783. The standard InChI is InChI=1S/C32H56O2/c1-3-5-7-9-11-13-14-15-16-17-18-20-22-24-30-25-26-31(29-33)32(28-30)34-27-23-21-19-12-10-8-6-4-2/h25-26,28-29H,3-24,27H2,1-2H3. The van der Waals surface area contributed by atoms with Crippen LogP contribution in [0, 0.1) is 0 Å². The molecule has 0 N–H and O–H groups in total. The lowest BCUT2D eigenvalue weighted by molar-refractivity contribution is 0.111. The molecule has 0 radical (unpaired) electrons. The normalized spacial score (nSPS) is 11.1. The first kappa shape index (κ1) is 30.7. The van der Waals surface area contributed by atoms with Crippen LogP contribution in [0.1, 0.15) is 165 Å². The van der Waals surface area contributed by atoms with Crippen LogP contribution in [0.4, 0.5) is 0 Å². The van der Waals surface area contributed by atoms with Gasteiger partial charge >= 0.3 is 0 Å². The van der Waals surface area contributed by atoms with Crippen molar-refractivity contribution < 1.29 is 9.53 Å². The second kappa shape index (κ2) is 23.4. The van der Waals surface area contributed by atoms with Gasteiger partial charge in [-0.05, 0) is 37.0 Å². The van der Waals surface area contributed by atoms with Crippen molar-refractivity contribution in [2.45, 2.75) is 155 Å². The van der Waals surface area contributed by atoms with E-state index in [9.17, 15) is 4.79 Å². The quantitative estimate of drug-likeness (QED) is 0.104. The van der Waals surface area contributed by atoms with Gasteiger partial charge in [-0.2, -0.15) is 0 Å². The van der Waals surface area contributed by atoms with E-state index in [1.54, 1.807) is 0 Å². The number of hydrogen-bond donors (Lipinski definition) is 0. The summed E-state index contributed by atoms with van der Waals surface area (Å²) in [7, 11) is 0. The molecule has 0 saturated carbocycles. The molecule has 0 aliphatic rings. The molecule has 196 valence electrons. The molecule has 2 heteroatoms. The molecule has 0 atom stereocenters.